The Morgan fingerprint density at radius 3 is 2.54 bits per heavy atom. The van der Waals surface area contributed by atoms with Gasteiger partial charge in [-0.3, -0.25) is 9.69 Å². The third-order valence-electron chi connectivity index (χ3n) is 8.68. The number of nitrogens with one attached hydrogen (secondary N) is 1. The van der Waals surface area contributed by atoms with E-state index in [9.17, 15) is 27.5 Å². The number of halogens is 5. The van der Waals surface area contributed by atoms with E-state index in [2.05, 4.69) is 27.1 Å². The lowest BCUT2D eigenvalue weighted by Gasteiger charge is -2.39. The van der Waals surface area contributed by atoms with Gasteiger partial charge in [0, 0.05) is 55.0 Å². The Kier molecular flexibility index (Phi) is 9.77. The summed E-state index contributed by atoms with van der Waals surface area (Å²) < 4.78 is 63.5. The number of aromatic nitrogens is 1. The molecule has 4 aromatic rings. The van der Waals surface area contributed by atoms with Crippen molar-refractivity contribution in [3.63, 3.8) is 0 Å². The fourth-order valence-electron chi connectivity index (χ4n) is 6.19. The van der Waals surface area contributed by atoms with Crippen molar-refractivity contribution < 1.29 is 32.2 Å². The molecule has 0 radical (unpaired) electrons. The Morgan fingerprint density at radius 1 is 1.02 bits per heavy atom. The van der Waals surface area contributed by atoms with Crippen LogP contribution in [0.15, 0.2) is 72.8 Å². The standard InChI is InChI=1S/C35H34ClF4N5O3/c1-43-13-15-44(16-14-43)29(11-12-41-34(47)25-7-2-3-8-31(25)46)22-5-4-6-24(19-22)45-17-18-48-32-30(45)21-28(42-33(32)35(38,39)40)26-20-23(36)9-10-27(26)37/h2-10,19-21,29,46H,11-18H2,1H3,(H,41,47). The molecular weight excluding hydrogens is 650 g/mol. The molecule has 2 aliphatic rings. The summed E-state index contributed by atoms with van der Waals surface area (Å²) in [6.07, 6.45) is -4.32. The zero-order valence-electron chi connectivity index (χ0n) is 26.1. The lowest BCUT2D eigenvalue weighted by atomic mass is 9.99. The third-order valence-corrected chi connectivity index (χ3v) is 8.91. The molecule has 2 aliphatic heterocycles. The maximum atomic E-state index is 14.9. The van der Waals surface area contributed by atoms with Gasteiger partial charge in [0.15, 0.2) is 11.4 Å². The third kappa shape index (κ3) is 7.20. The first kappa shape index (κ1) is 33.5. The van der Waals surface area contributed by atoms with Crippen molar-refractivity contribution in [3.05, 3.63) is 100 Å². The van der Waals surface area contributed by atoms with Gasteiger partial charge >= 0.3 is 6.18 Å². The lowest BCUT2D eigenvalue weighted by molar-refractivity contribution is -0.142. The number of nitrogens with zero attached hydrogens (tertiary/aromatic N) is 4. The van der Waals surface area contributed by atoms with Crippen LogP contribution in [0.5, 0.6) is 11.5 Å². The summed E-state index contributed by atoms with van der Waals surface area (Å²) in [4.78, 5) is 22.9. The molecule has 2 N–H and O–H groups in total. The molecule has 48 heavy (non-hydrogen) atoms. The molecule has 1 saturated heterocycles. The van der Waals surface area contributed by atoms with Crippen molar-refractivity contribution in [2.75, 3.05) is 57.8 Å². The number of piperazine rings is 1. The molecule has 3 heterocycles. The van der Waals surface area contributed by atoms with E-state index in [1.807, 2.05) is 24.3 Å². The van der Waals surface area contributed by atoms with Crippen molar-refractivity contribution in [2.45, 2.75) is 18.6 Å². The minimum atomic E-state index is -4.87. The molecule has 1 atom stereocenters. The quantitative estimate of drug-likeness (QED) is 0.196. The second-order valence-corrected chi connectivity index (χ2v) is 12.3. The maximum Gasteiger partial charge on any atom is 0.437 e. The number of phenols is 1. The second kappa shape index (κ2) is 14.0. The molecule has 13 heteroatoms. The number of amides is 1. The minimum absolute atomic E-state index is 0.0207. The summed E-state index contributed by atoms with van der Waals surface area (Å²) in [6.45, 7) is 3.82. The van der Waals surface area contributed by atoms with Crippen LogP contribution in [0.25, 0.3) is 11.3 Å². The van der Waals surface area contributed by atoms with Crippen LogP contribution < -0.4 is 15.0 Å². The summed E-state index contributed by atoms with van der Waals surface area (Å²) in [7, 11) is 2.06. The predicted octanol–water partition coefficient (Wildman–Crippen LogP) is 6.90. The molecule has 3 aromatic carbocycles. The normalized spacial score (nSPS) is 16.2. The summed E-state index contributed by atoms with van der Waals surface area (Å²) in [5, 5.41) is 13.2. The van der Waals surface area contributed by atoms with Gasteiger partial charge in [0.2, 0.25) is 0 Å². The molecule has 1 unspecified atom stereocenters. The van der Waals surface area contributed by atoms with Crippen molar-refractivity contribution in [1.29, 1.82) is 0 Å². The molecule has 6 rings (SSSR count). The van der Waals surface area contributed by atoms with Gasteiger partial charge < -0.3 is 25.0 Å². The van der Waals surface area contributed by atoms with Gasteiger partial charge in [0.1, 0.15) is 18.2 Å². The zero-order chi connectivity index (χ0) is 34.0. The average Bonchev–Trinajstić information content (AvgIpc) is 3.07. The van der Waals surface area contributed by atoms with Gasteiger partial charge in [-0.15, -0.1) is 0 Å². The Hall–Kier alpha value is -4.39. The highest BCUT2D eigenvalue weighted by atomic mass is 35.5. The van der Waals surface area contributed by atoms with Gasteiger partial charge in [0.25, 0.3) is 5.91 Å². The summed E-state index contributed by atoms with van der Waals surface area (Å²) in [5.74, 6) is -1.66. The topological polar surface area (TPSA) is 81.2 Å². The highest BCUT2D eigenvalue weighted by Gasteiger charge is 2.41. The fraction of sp³-hybridized carbons (Fsp3) is 0.314. The number of phenolic OH excluding ortho intramolecular Hbond substituents is 1. The first-order valence-corrected chi connectivity index (χ1v) is 15.9. The number of ether oxygens (including phenoxy) is 1. The number of rotatable bonds is 8. The minimum Gasteiger partial charge on any atom is -0.507 e. The average molecular weight is 684 g/mol. The van der Waals surface area contributed by atoms with Crippen molar-refractivity contribution in [2.24, 2.45) is 0 Å². The number of para-hydroxylation sites is 1. The van der Waals surface area contributed by atoms with E-state index >= 15 is 0 Å². The fourth-order valence-corrected chi connectivity index (χ4v) is 6.36. The Balaban J connectivity index is 1.34. The second-order valence-electron chi connectivity index (χ2n) is 11.8. The molecule has 0 saturated carbocycles. The maximum absolute atomic E-state index is 14.9. The van der Waals surface area contributed by atoms with Crippen molar-refractivity contribution in [3.8, 4) is 22.8 Å². The van der Waals surface area contributed by atoms with Gasteiger partial charge in [-0.1, -0.05) is 35.9 Å². The van der Waals surface area contributed by atoms with Crippen molar-refractivity contribution in [1.82, 2.24) is 20.1 Å². The van der Waals surface area contributed by atoms with Crippen LogP contribution in [0.4, 0.5) is 28.9 Å². The smallest absolute Gasteiger partial charge is 0.437 e. The number of likely N-dealkylation sites (N-methyl/N-ethyl adjacent to an activating group) is 1. The summed E-state index contributed by atoms with van der Waals surface area (Å²) in [5.41, 5.74) is 0.233. The molecule has 0 aliphatic carbocycles. The molecule has 1 amide bonds. The number of fused-ring (bicyclic) bond motifs is 1. The number of carbonyl (C=O) groups excluding carboxylic acids is 1. The monoisotopic (exact) mass is 683 g/mol. The van der Waals surface area contributed by atoms with Crippen LogP contribution in [0, 0.1) is 5.82 Å². The predicted molar refractivity (Wildman–Crippen MR) is 175 cm³/mol. The number of aromatic hydroxyl groups is 1. The van der Waals surface area contributed by atoms with Gasteiger partial charge in [-0.25, -0.2) is 9.37 Å². The van der Waals surface area contributed by atoms with Crippen LogP contribution >= 0.6 is 11.6 Å². The van der Waals surface area contributed by atoms with E-state index in [0.29, 0.717) is 18.7 Å². The molecule has 252 valence electrons. The molecule has 8 nitrogen and oxygen atoms in total. The van der Waals surface area contributed by atoms with E-state index in [4.69, 9.17) is 16.3 Å². The zero-order valence-corrected chi connectivity index (χ0v) is 26.9. The Morgan fingerprint density at radius 2 is 1.79 bits per heavy atom. The van der Waals surface area contributed by atoms with Gasteiger partial charge in [-0.05, 0) is 67.6 Å². The van der Waals surface area contributed by atoms with Crippen LogP contribution in [0.3, 0.4) is 0 Å². The first-order chi connectivity index (χ1) is 23.0. The van der Waals surface area contributed by atoms with Crippen LogP contribution in [-0.2, 0) is 6.18 Å². The number of hydrogen-bond acceptors (Lipinski definition) is 7. The molecule has 1 fully saturated rings. The molecule has 0 spiro atoms. The number of benzene rings is 3. The van der Waals surface area contributed by atoms with E-state index in [0.717, 1.165) is 37.8 Å². The SMILES string of the molecule is CN1CCN(C(CCNC(=O)c2ccccc2O)c2cccc(N3CCOc4c3cc(-c3cc(Cl)ccc3F)nc4C(F)(F)F)c2)CC1. The number of pyridine rings is 1. The van der Waals surface area contributed by atoms with E-state index in [-0.39, 0.29) is 58.4 Å². The summed E-state index contributed by atoms with van der Waals surface area (Å²) >= 11 is 6.08. The van der Waals surface area contributed by atoms with Gasteiger partial charge in [-0.2, -0.15) is 13.2 Å². The van der Waals surface area contributed by atoms with Crippen LogP contribution in [-0.4, -0.2) is 78.7 Å². The van der Waals surface area contributed by atoms with Crippen LogP contribution in [0.1, 0.15) is 34.1 Å². The summed E-state index contributed by atoms with van der Waals surface area (Å²) in [6, 6.07) is 18.9. The van der Waals surface area contributed by atoms with E-state index in [1.165, 1.54) is 24.3 Å². The molecular formula is C35H34ClF4N5O3. The number of alkyl halides is 3. The molecule has 1 aromatic heterocycles. The van der Waals surface area contributed by atoms with Crippen LogP contribution in [0.2, 0.25) is 5.02 Å². The number of carbonyl (C=O) groups is 1. The highest BCUT2D eigenvalue weighted by Crippen LogP contribution is 2.47. The molecule has 0 bridgehead atoms. The Bertz CT molecular complexity index is 1800. The van der Waals surface area contributed by atoms with Gasteiger partial charge in [0.05, 0.1) is 23.5 Å². The highest BCUT2D eigenvalue weighted by molar-refractivity contribution is 6.30. The first-order valence-electron chi connectivity index (χ1n) is 15.6. The number of hydrogen-bond donors (Lipinski definition) is 2. The Labute approximate surface area is 280 Å². The lowest BCUT2D eigenvalue weighted by Crippen LogP contribution is -2.46. The largest absolute Gasteiger partial charge is 0.507 e. The van der Waals surface area contributed by atoms with E-state index < -0.39 is 23.4 Å². The van der Waals surface area contributed by atoms with E-state index in [1.54, 1.807) is 23.1 Å². The number of anilines is 2. The van der Waals surface area contributed by atoms with Crippen molar-refractivity contribution >= 4 is 28.9 Å².